The Morgan fingerprint density at radius 1 is 0.920 bits per heavy atom. The Bertz CT molecular complexity index is 920. The first-order chi connectivity index (χ1) is 12.1. The second-order valence-corrected chi connectivity index (χ2v) is 6.16. The number of rotatable bonds is 6. The van der Waals surface area contributed by atoms with E-state index in [1.807, 2.05) is 0 Å². The second kappa shape index (κ2) is 8.03. The molecular weight excluding hydrogens is 458 g/mol. The molecule has 3 aromatic heterocycles. The van der Waals surface area contributed by atoms with Gasteiger partial charge in [-0.05, 0) is 63.0 Å². The van der Waals surface area contributed by atoms with Gasteiger partial charge in [-0.1, -0.05) is 0 Å². The third-order valence-corrected chi connectivity index (χ3v) is 3.61. The van der Waals surface area contributed by atoms with Crippen LogP contribution in [0.2, 0.25) is 0 Å². The maximum absolute atomic E-state index is 5.31. The average molecular weight is 469 g/mol. The Morgan fingerprint density at radius 2 is 1.52 bits per heavy atom. The molecule has 0 atom stereocenters. The highest BCUT2D eigenvalue weighted by molar-refractivity contribution is 9.10. The molecule has 0 aromatic carbocycles. The molecule has 0 amide bonds. The summed E-state index contributed by atoms with van der Waals surface area (Å²) in [5.41, 5.74) is 6.05. The van der Waals surface area contributed by atoms with Crippen LogP contribution in [0.1, 0.15) is 17.2 Å². The van der Waals surface area contributed by atoms with Crippen molar-refractivity contribution < 1.29 is 8.83 Å². The summed E-state index contributed by atoms with van der Waals surface area (Å²) >= 11 is 6.44. The van der Waals surface area contributed by atoms with E-state index in [0.29, 0.717) is 32.4 Å². The zero-order chi connectivity index (χ0) is 17.6. The largest absolute Gasteiger partial charge is 0.448 e. The molecule has 3 heterocycles. The number of aryl methyl sites for hydroxylation is 1. The molecule has 0 bridgehead atoms. The molecule has 0 fully saturated rings. The van der Waals surface area contributed by atoms with Crippen LogP contribution in [0.25, 0.3) is 0 Å². The highest BCUT2D eigenvalue weighted by Crippen LogP contribution is 2.14. The van der Waals surface area contributed by atoms with Gasteiger partial charge in [0.1, 0.15) is 17.2 Å². The zero-order valence-electron chi connectivity index (χ0n) is 12.8. The fourth-order valence-electron chi connectivity index (χ4n) is 1.64. The van der Waals surface area contributed by atoms with Gasteiger partial charge in [0.15, 0.2) is 15.2 Å². The van der Waals surface area contributed by atoms with Gasteiger partial charge in [-0.3, -0.25) is 5.43 Å². The van der Waals surface area contributed by atoms with Crippen molar-refractivity contribution in [1.82, 2.24) is 15.2 Å². The number of anilines is 2. The maximum atomic E-state index is 5.31. The molecule has 2 N–H and O–H groups in total. The average Bonchev–Trinajstić information content (AvgIpc) is 3.18. The lowest BCUT2D eigenvalue weighted by Gasteiger charge is -2.03. The molecule has 0 unspecified atom stereocenters. The quantitative estimate of drug-likeness (QED) is 0.417. The highest BCUT2D eigenvalue weighted by Gasteiger charge is 2.04. The summed E-state index contributed by atoms with van der Waals surface area (Å²) in [6, 6.07) is 7.08. The van der Waals surface area contributed by atoms with E-state index in [4.69, 9.17) is 8.83 Å². The summed E-state index contributed by atoms with van der Waals surface area (Å²) < 4.78 is 11.8. The molecule has 3 aromatic rings. The molecule has 0 saturated heterocycles. The van der Waals surface area contributed by atoms with Crippen LogP contribution < -0.4 is 10.9 Å². The Hall–Kier alpha value is -2.53. The van der Waals surface area contributed by atoms with Crippen molar-refractivity contribution in [1.29, 1.82) is 0 Å². The predicted octanol–water partition coefficient (Wildman–Crippen LogP) is 3.78. The predicted molar refractivity (Wildman–Crippen MR) is 99.8 cm³/mol. The number of hydrazone groups is 2. The smallest absolute Gasteiger partial charge is 0.265 e. The molecule has 0 aliphatic carbocycles. The van der Waals surface area contributed by atoms with Crippen LogP contribution in [-0.2, 0) is 0 Å². The summed E-state index contributed by atoms with van der Waals surface area (Å²) in [6.07, 6.45) is 3.01. The van der Waals surface area contributed by atoms with E-state index < -0.39 is 0 Å². The van der Waals surface area contributed by atoms with Crippen LogP contribution in [0, 0.1) is 6.92 Å². The molecular formula is C14H11Br2N7O2. The normalized spacial score (nSPS) is 11.5. The minimum atomic E-state index is 0.214. The van der Waals surface area contributed by atoms with Gasteiger partial charge in [0.05, 0.1) is 12.4 Å². The standard InChI is InChI=1S/C14H11Br2N7O2/c1-8-13(21-17-6-9-2-4-11(15)24-9)19-14(23-20-8)22-18-7-10-3-5-12(16)25-10/h2-7H,1H3,(H2,19,21,22,23). The van der Waals surface area contributed by atoms with E-state index >= 15 is 0 Å². The molecule has 128 valence electrons. The molecule has 0 aliphatic rings. The zero-order valence-corrected chi connectivity index (χ0v) is 15.9. The monoisotopic (exact) mass is 467 g/mol. The molecule has 0 saturated carbocycles. The molecule has 3 rings (SSSR count). The van der Waals surface area contributed by atoms with Crippen LogP contribution in [0.5, 0.6) is 0 Å². The summed E-state index contributed by atoms with van der Waals surface area (Å²) in [6.45, 7) is 1.76. The van der Waals surface area contributed by atoms with Crippen LogP contribution in [-0.4, -0.2) is 27.6 Å². The second-order valence-electron chi connectivity index (χ2n) is 4.59. The lowest BCUT2D eigenvalue weighted by molar-refractivity contribution is 0.534. The van der Waals surface area contributed by atoms with Gasteiger partial charge in [-0.15, -0.1) is 10.2 Å². The van der Waals surface area contributed by atoms with Crippen molar-refractivity contribution >= 4 is 56.1 Å². The molecule has 9 nitrogen and oxygen atoms in total. The SMILES string of the molecule is Cc1nnc(NN=Cc2ccc(Br)o2)nc1NN=Cc1ccc(Br)o1. The van der Waals surface area contributed by atoms with Crippen molar-refractivity contribution in [2.75, 3.05) is 10.9 Å². The molecule has 0 aliphatic heterocycles. The number of furan rings is 2. The van der Waals surface area contributed by atoms with Crippen LogP contribution in [0.4, 0.5) is 11.8 Å². The van der Waals surface area contributed by atoms with Crippen molar-refractivity contribution in [3.63, 3.8) is 0 Å². The van der Waals surface area contributed by atoms with E-state index in [1.165, 1.54) is 12.4 Å². The summed E-state index contributed by atoms with van der Waals surface area (Å²) in [4.78, 5) is 4.24. The van der Waals surface area contributed by atoms with Crippen LogP contribution in [0.15, 0.2) is 52.6 Å². The van der Waals surface area contributed by atoms with Gasteiger partial charge >= 0.3 is 0 Å². The first-order valence-corrected chi connectivity index (χ1v) is 8.49. The lowest BCUT2D eigenvalue weighted by atomic mass is 10.5. The van der Waals surface area contributed by atoms with Crippen molar-refractivity contribution in [3.8, 4) is 0 Å². The van der Waals surface area contributed by atoms with Gasteiger partial charge in [0.25, 0.3) is 5.95 Å². The van der Waals surface area contributed by atoms with Crippen molar-refractivity contribution in [2.45, 2.75) is 6.92 Å². The minimum absolute atomic E-state index is 0.214. The van der Waals surface area contributed by atoms with E-state index in [-0.39, 0.29) is 5.95 Å². The number of aromatic nitrogens is 3. The number of hydrogen-bond donors (Lipinski definition) is 2. The maximum Gasteiger partial charge on any atom is 0.265 e. The fourth-order valence-corrected chi connectivity index (χ4v) is 2.28. The number of hydrogen-bond acceptors (Lipinski definition) is 9. The number of halogens is 2. The summed E-state index contributed by atoms with van der Waals surface area (Å²) in [5.74, 6) is 1.82. The summed E-state index contributed by atoms with van der Waals surface area (Å²) in [5, 5.41) is 15.9. The first kappa shape index (κ1) is 17.3. The third kappa shape index (κ3) is 4.97. The third-order valence-electron chi connectivity index (χ3n) is 2.76. The fraction of sp³-hybridized carbons (Fsp3) is 0.0714. The number of nitrogens with zero attached hydrogens (tertiary/aromatic N) is 5. The molecule has 0 radical (unpaired) electrons. The Kier molecular flexibility index (Phi) is 5.56. The Balaban J connectivity index is 1.63. The van der Waals surface area contributed by atoms with Gasteiger partial charge in [-0.2, -0.15) is 15.2 Å². The van der Waals surface area contributed by atoms with E-state index in [1.54, 1.807) is 31.2 Å². The first-order valence-electron chi connectivity index (χ1n) is 6.90. The van der Waals surface area contributed by atoms with E-state index in [9.17, 15) is 0 Å². The highest BCUT2D eigenvalue weighted by atomic mass is 79.9. The van der Waals surface area contributed by atoms with E-state index in [0.717, 1.165) is 0 Å². The molecule has 11 heteroatoms. The topological polar surface area (TPSA) is 114 Å². The van der Waals surface area contributed by atoms with Gasteiger partial charge < -0.3 is 8.83 Å². The summed E-state index contributed by atoms with van der Waals surface area (Å²) in [7, 11) is 0. The number of nitrogens with one attached hydrogen (secondary N) is 2. The van der Waals surface area contributed by atoms with Gasteiger partial charge in [0.2, 0.25) is 0 Å². The van der Waals surface area contributed by atoms with Crippen LogP contribution >= 0.6 is 31.9 Å². The van der Waals surface area contributed by atoms with Crippen molar-refractivity contribution in [3.05, 3.63) is 50.8 Å². The van der Waals surface area contributed by atoms with E-state index in [2.05, 4.69) is 68.1 Å². The minimum Gasteiger partial charge on any atom is -0.448 e. The molecule has 25 heavy (non-hydrogen) atoms. The Labute approximate surface area is 158 Å². The lowest BCUT2D eigenvalue weighted by Crippen LogP contribution is -2.05. The van der Waals surface area contributed by atoms with Crippen molar-refractivity contribution in [2.24, 2.45) is 10.2 Å². The van der Waals surface area contributed by atoms with Crippen LogP contribution in [0.3, 0.4) is 0 Å². The van der Waals surface area contributed by atoms with Gasteiger partial charge in [0, 0.05) is 0 Å². The van der Waals surface area contributed by atoms with Gasteiger partial charge in [-0.25, -0.2) is 5.43 Å². The Morgan fingerprint density at radius 3 is 2.08 bits per heavy atom. The molecule has 0 spiro atoms.